The Hall–Kier alpha value is -4.15. The number of nitrogens with two attached hydrogens (primary N) is 1. The summed E-state index contributed by atoms with van der Waals surface area (Å²) in [6.07, 6.45) is 6.07. The predicted molar refractivity (Wildman–Crippen MR) is 133 cm³/mol. The molecule has 2 aromatic carbocycles. The van der Waals surface area contributed by atoms with Crippen LogP contribution in [0.15, 0.2) is 66.9 Å². The van der Waals surface area contributed by atoms with Crippen molar-refractivity contribution in [2.45, 2.75) is 37.7 Å². The van der Waals surface area contributed by atoms with E-state index >= 15 is 0 Å². The lowest BCUT2D eigenvalue weighted by atomic mass is 9.85. The molecular formula is C27H25N5O2. The fourth-order valence-electron chi connectivity index (χ4n) is 4.35. The Balaban J connectivity index is 1.59. The maximum absolute atomic E-state index is 13.3. The third kappa shape index (κ3) is 4.49. The van der Waals surface area contributed by atoms with Gasteiger partial charge in [0.1, 0.15) is 17.1 Å². The molecule has 4 aromatic rings. The molecule has 2 aromatic heterocycles. The zero-order valence-electron chi connectivity index (χ0n) is 18.7. The molecule has 0 bridgehead atoms. The summed E-state index contributed by atoms with van der Waals surface area (Å²) >= 11 is 0. The number of nitrogens with zero attached hydrogens (tertiary/aromatic N) is 3. The van der Waals surface area contributed by atoms with Gasteiger partial charge in [0, 0.05) is 22.8 Å². The molecule has 0 aliphatic heterocycles. The van der Waals surface area contributed by atoms with Crippen LogP contribution in [0.3, 0.4) is 0 Å². The number of hydrogen-bond acceptors (Lipinski definition) is 5. The number of hydrogen-bond donors (Lipinski definition) is 3. The van der Waals surface area contributed by atoms with Gasteiger partial charge in [0.25, 0.3) is 5.91 Å². The number of nitrogen functional groups attached to an aromatic ring is 1. The van der Waals surface area contributed by atoms with Gasteiger partial charge in [-0.2, -0.15) is 4.98 Å². The second kappa shape index (κ2) is 9.00. The second-order valence-electron chi connectivity index (χ2n) is 8.57. The van der Waals surface area contributed by atoms with E-state index in [-0.39, 0.29) is 11.9 Å². The molecule has 0 atom stereocenters. The Morgan fingerprint density at radius 3 is 2.62 bits per heavy atom. The average Bonchev–Trinajstić information content (AvgIpc) is 3.23. The minimum Gasteiger partial charge on any atom is -0.378 e. The lowest BCUT2D eigenvalue weighted by Crippen LogP contribution is -2.29. The average molecular weight is 452 g/mol. The van der Waals surface area contributed by atoms with E-state index in [4.69, 9.17) is 5.73 Å². The molecule has 7 nitrogen and oxygen atoms in total. The first-order valence-electron chi connectivity index (χ1n) is 11.4. The van der Waals surface area contributed by atoms with E-state index in [0.717, 1.165) is 35.7 Å². The van der Waals surface area contributed by atoms with Gasteiger partial charge in [-0.1, -0.05) is 42.5 Å². The summed E-state index contributed by atoms with van der Waals surface area (Å²) in [5.74, 6) is 6.55. The van der Waals surface area contributed by atoms with E-state index in [1.165, 1.54) is 0 Å². The third-order valence-electron chi connectivity index (χ3n) is 6.08. The Morgan fingerprint density at radius 1 is 1.06 bits per heavy atom. The molecule has 1 fully saturated rings. The van der Waals surface area contributed by atoms with Crippen LogP contribution in [-0.2, 0) is 0 Å². The fraction of sp³-hybridized carbons (Fsp3) is 0.222. The number of fused-ring (bicyclic) bond motifs is 1. The standard InChI is InChI=1S/C27H25N5O2/c28-26-29-16-12-24(31-26)32-22-17-19(11-15-27(34)13-5-2-6-14-27)9-10-20(22)18-23(32)25(33)30-21-7-3-1-4-8-21/h1,3-4,7-10,12,16-18,34H,2,5-6,13-14H2,(H,30,33)(H2,28,29,31). The highest BCUT2D eigenvalue weighted by Crippen LogP contribution is 2.28. The van der Waals surface area contributed by atoms with Crippen LogP contribution in [0.2, 0.25) is 0 Å². The minimum atomic E-state index is -0.933. The number of anilines is 2. The van der Waals surface area contributed by atoms with E-state index < -0.39 is 5.60 Å². The third-order valence-corrected chi connectivity index (χ3v) is 6.08. The topological polar surface area (TPSA) is 106 Å². The summed E-state index contributed by atoms with van der Waals surface area (Å²) in [5, 5.41) is 14.6. The van der Waals surface area contributed by atoms with Crippen LogP contribution in [0, 0.1) is 11.8 Å². The zero-order valence-corrected chi connectivity index (χ0v) is 18.7. The van der Waals surface area contributed by atoms with E-state index in [0.29, 0.717) is 30.0 Å². The van der Waals surface area contributed by atoms with Crippen LogP contribution in [0.4, 0.5) is 11.6 Å². The second-order valence-corrected chi connectivity index (χ2v) is 8.57. The molecule has 1 aliphatic rings. The Bertz CT molecular complexity index is 1410. The first-order chi connectivity index (χ1) is 16.5. The van der Waals surface area contributed by atoms with Crippen LogP contribution in [0.5, 0.6) is 0 Å². The van der Waals surface area contributed by atoms with Crippen molar-refractivity contribution in [1.29, 1.82) is 0 Å². The molecule has 0 spiro atoms. The van der Waals surface area contributed by atoms with Crippen molar-refractivity contribution in [3.8, 4) is 17.7 Å². The van der Waals surface area contributed by atoms with E-state index in [9.17, 15) is 9.90 Å². The van der Waals surface area contributed by atoms with Crippen molar-refractivity contribution in [3.05, 3.63) is 78.1 Å². The lowest BCUT2D eigenvalue weighted by Gasteiger charge is -2.26. The first-order valence-corrected chi connectivity index (χ1v) is 11.4. The summed E-state index contributed by atoms with van der Waals surface area (Å²) in [5.41, 5.74) is 7.53. The predicted octanol–water partition coefficient (Wildman–Crippen LogP) is 4.30. The van der Waals surface area contributed by atoms with Crippen molar-refractivity contribution in [2.24, 2.45) is 0 Å². The molecule has 5 rings (SSSR count). The zero-order chi connectivity index (χ0) is 23.5. The molecule has 7 heteroatoms. The summed E-state index contributed by atoms with van der Waals surface area (Å²) in [6.45, 7) is 0. The number of aromatic nitrogens is 3. The lowest BCUT2D eigenvalue weighted by molar-refractivity contribution is 0.0610. The Morgan fingerprint density at radius 2 is 1.85 bits per heavy atom. The molecule has 4 N–H and O–H groups in total. The van der Waals surface area contributed by atoms with Crippen LogP contribution in [0.25, 0.3) is 16.7 Å². The summed E-state index contributed by atoms with van der Waals surface area (Å²) in [4.78, 5) is 21.6. The van der Waals surface area contributed by atoms with Crippen LogP contribution >= 0.6 is 0 Å². The van der Waals surface area contributed by atoms with Crippen LogP contribution in [0.1, 0.15) is 48.2 Å². The van der Waals surface area contributed by atoms with E-state index in [1.807, 2.05) is 54.6 Å². The monoisotopic (exact) mass is 451 g/mol. The molecule has 34 heavy (non-hydrogen) atoms. The van der Waals surface area contributed by atoms with Crippen molar-refractivity contribution in [3.63, 3.8) is 0 Å². The van der Waals surface area contributed by atoms with Gasteiger partial charge >= 0.3 is 0 Å². The normalized spacial score (nSPS) is 14.9. The summed E-state index contributed by atoms with van der Waals surface area (Å²) < 4.78 is 1.76. The number of rotatable bonds is 3. The van der Waals surface area contributed by atoms with Gasteiger partial charge in [-0.3, -0.25) is 9.36 Å². The van der Waals surface area contributed by atoms with Gasteiger partial charge in [0.05, 0.1) is 5.52 Å². The highest BCUT2D eigenvalue weighted by atomic mass is 16.3. The maximum atomic E-state index is 13.3. The van der Waals surface area contributed by atoms with Gasteiger partial charge in [-0.05, 0) is 62.1 Å². The molecule has 0 radical (unpaired) electrons. The van der Waals surface area contributed by atoms with Crippen molar-refractivity contribution >= 4 is 28.4 Å². The molecule has 2 heterocycles. The van der Waals surface area contributed by atoms with Gasteiger partial charge in [-0.25, -0.2) is 4.98 Å². The van der Waals surface area contributed by atoms with Crippen molar-refractivity contribution in [1.82, 2.24) is 14.5 Å². The van der Waals surface area contributed by atoms with Gasteiger partial charge < -0.3 is 16.2 Å². The number of benzene rings is 2. The number of para-hydroxylation sites is 1. The van der Waals surface area contributed by atoms with Crippen LogP contribution in [-0.4, -0.2) is 31.1 Å². The molecule has 1 aliphatic carbocycles. The quantitative estimate of drug-likeness (QED) is 0.403. The SMILES string of the molecule is Nc1nccc(-n2c(C(=O)Nc3ccccc3)cc3ccc(C#CC4(O)CCCCC4)cc32)n1. The minimum absolute atomic E-state index is 0.115. The highest BCUT2D eigenvalue weighted by Gasteiger charge is 2.26. The number of carbonyl (C=O) groups excluding carboxylic acids is 1. The fourth-order valence-corrected chi connectivity index (χ4v) is 4.35. The van der Waals surface area contributed by atoms with E-state index in [2.05, 4.69) is 27.1 Å². The molecule has 0 saturated heterocycles. The van der Waals surface area contributed by atoms with E-state index in [1.54, 1.807) is 16.8 Å². The molecule has 1 amide bonds. The molecule has 170 valence electrons. The maximum Gasteiger partial charge on any atom is 0.272 e. The van der Waals surface area contributed by atoms with Crippen molar-refractivity contribution < 1.29 is 9.90 Å². The summed E-state index contributed by atoms with van der Waals surface area (Å²) in [7, 11) is 0. The number of nitrogens with one attached hydrogen (secondary N) is 1. The highest BCUT2D eigenvalue weighted by molar-refractivity contribution is 6.07. The Labute approximate surface area is 197 Å². The summed E-state index contributed by atoms with van der Waals surface area (Å²) in [6, 6.07) is 18.5. The van der Waals surface area contributed by atoms with Gasteiger partial charge in [0.15, 0.2) is 0 Å². The number of amides is 1. The first kappa shape index (κ1) is 21.7. The van der Waals surface area contributed by atoms with Crippen LogP contribution < -0.4 is 11.1 Å². The van der Waals surface area contributed by atoms with Gasteiger partial charge in [-0.15, -0.1) is 0 Å². The smallest absolute Gasteiger partial charge is 0.272 e. The molecule has 0 unspecified atom stereocenters. The van der Waals surface area contributed by atoms with Gasteiger partial charge in [0.2, 0.25) is 5.95 Å². The largest absolute Gasteiger partial charge is 0.378 e. The van der Waals surface area contributed by atoms with Crippen molar-refractivity contribution in [2.75, 3.05) is 11.1 Å². The molecule has 1 saturated carbocycles. The Kier molecular flexibility index (Phi) is 5.74. The molecular weight excluding hydrogens is 426 g/mol. The number of carbonyl (C=O) groups is 1. The number of aliphatic hydroxyl groups is 1.